The molecule has 138 valence electrons. The average molecular weight is 412 g/mol. The third kappa shape index (κ3) is 3.70. The Morgan fingerprint density at radius 1 is 1.15 bits per heavy atom. The van der Waals surface area contributed by atoms with E-state index in [0.29, 0.717) is 11.6 Å². The number of nitrogens with zero attached hydrogens (tertiary/aromatic N) is 5. The van der Waals surface area contributed by atoms with Gasteiger partial charge in [-0.3, -0.25) is 0 Å². The molecule has 0 fully saturated rings. The summed E-state index contributed by atoms with van der Waals surface area (Å²) in [4.78, 5) is 5.81. The predicted octanol–water partition coefficient (Wildman–Crippen LogP) is 5.23. The molecule has 0 aliphatic carbocycles. The maximum Gasteiger partial charge on any atom is 0.416 e. The molecule has 0 atom stereocenters. The highest BCUT2D eigenvalue weighted by Gasteiger charge is 2.32. The van der Waals surface area contributed by atoms with E-state index in [0.717, 1.165) is 12.1 Å². The van der Waals surface area contributed by atoms with Gasteiger partial charge in [0.1, 0.15) is 23.4 Å². The molecule has 27 heavy (non-hydrogen) atoms. The average Bonchev–Trinajstić information content (AvgIpc) is 3.04. The van der Waals surface area contributed by atoms with Gasteiger partial charge in [-0.1, -0.05) is 29.3 Å². The van der Waals surface area contributed by atoms with Gasteiger partial charge in [-0.2, -0.15) is 23.5 Å². The molecular weight excluding hydrogens is 402 g/mol. The zero-order valence-electron chi connectivity index (χ0n) is 13.7. The van der Waals surface area contributed by atoms with E-state index in [1.165, 1.54) is 10.7 Å². The van der Waals surface area contributed by atoms with Gasteiger partial charge in [0.25, 0.3) is 0 Å². The predicted molar refractivity (Wildman–Crippen MR) is 95.6 cm³/mol. The minimum absolute atomic E-state index is 0.0330. The number of benzene rings is 1. The molecule has 0 saturated carbocycles. The third-order valence-electron chi connectivity index (χ3n) is 3.70. The molecule has 0 bridgehead atoms. The lowest BCUT2D eigenvalue weighted by Gasteiger charge is -2.20. The first kappa shape index (κ1) is 19.0. The lowest BCUT2D eigenvalue weighted by Crippen LogP contribution is -2.16. The van der Waals surface area contributed by atoms with Crippen molar-refractivity contribution in [2.75, 3.05) is 11.9 Å². The van der Waals surface area contributed by atoms with Crippen LogP contribution in [0, 0.1) is 11.3 Å². The Morgan fingerprint density at radius 3 is 2.33 bits per heavy atom. The number of aromatic nitrogens is 3. The molecule has 0 radical (unpaired) electrons. The van der Waals surface area contributed by atoms with Crippen molar-refractivity contribution in [3.63, 3.8) is 0 Å². The van der Waals surface area contributed by atoms with E-state index in [1.807, 2.05) is 6.07 Å². The molecule has 0 N–H and O–H groups in total. The summed E-state index contributed by atoms with van der Waals surface area (Å²) < 4.78 is 40.1. The number of nitriles is 1. The molecule has 10 heteroatoms. The SMILES string of the molecule is CN(c1ccccn1)c1cc(C#N)nn1-c1c(Cl)cc(C(F)(F)F)cc1Cl. The summed E-state index contributed by atoms with van der Waals surface area (Å²) >= 11 is 12.2. The molecule has 3 rings (SSSR count). The van der Waals surface area contributed by atoms with Gasteiger partial charge in [-0.05, 0) is 24.3 Å². The largest absolute Gasteiger partial charge is 0.416 e. The van der Waals surface area contributed by atoms with Gasteiger partial charge < -0.3 is 4.90 Å². The van der Waals surface area contributed by atoms with E-state index in [4.69, 9.17) is 23.2 Å². The molecule has 3 aromatic rings. The Kier molecular flexibility index (Phi) is 5.00. The summed E-state index contributed by atoms with van der Waals surface area (Å²) in [5.41, 5.74) is -0.904. The quantitative estimate of drug-likeness (QED) is 0.591. The van der Waals surface area contributed by atoms with Crippen molar-refractivity contribution in [2.24, 2.45) is 0 Å². The van der Waals surface area contributed by atoms with E-state index in [1.54, 1.807) is 36.3 Å². The Bertz CT molecular complexity index is 1000. The normalized spacial score (nSPS) is 11.3. The van der Waals surface area contributed by atoms with Crippen LogP contribution in [0.15, 0.2) is 42.6 Å². The zero-order valence-corrected chi connectivity index (χ0v) is 15.2. The summed E-state index contributed by atoms with van der Waals surface area (Å²) in [6, 6.07) is 10.1. The smallest absolute Gasteiger partial charge is 0.314 e. The molecule has 2 aromatic heterocycles. The van der Waals surface area contributed by atoms with E-state index in [-0.39, 0.29) is 21.4 Å². The highest BCUT2D eigenvalue weighted by atomic mass is 35.5. The van der Waals surface area contributed by atoms with Gasteiger partial charge in [-0.25, -0.2) is 9.67 Å². The Hall–Kier alpha value is -2.76. The third-order valence-corrected chi connectivity index (χ3v) is 4.27. The van der Waals surface area contributed by atoms with Crippen LogP contribution in [0.4, 0.5) is 24.8 Å². The fraction of sp³-hybridized carbons (Fsp3) is 0.118. The van der Waals surface area contributed by atoms with Gasteiger partial charge in [0.2, 0.25) is 0 Å². The van der Waals surface area contributed by atoms with Gasteiger partial charge in [0.15, 0.2) is 5.69 Å². The van der Waals surface area contributed by atoms with E-state index < -0.39 is 11.7 Å². The van der Waals surface area contributed by atoms with Crippen LogP contribution in [-0.4, -0.2) is 21.8 Å². The summed E-state index contributed by atoms with van der Waals surface area (Å²) in [7, 11) is 1.67. The highest BCUT2D eigenvalue weighted by molar-refractivity contribution is 6.38. The van der Waals surface area contributed by atoms with Crippen LogP contribution in [0.5, 0.6) is 0 Å². The van der Waals surface area contributed by atoms with Crippen LogP contribution in [0.3, 0.4) is 0 Å². The van der Waals surface area contributed by atoms with Crippen molar-refractivity contribution >= 4 is 34.8 Å². The number of anilines is 2. The van der Waals surface area contributed by atoms with Gasteiger partial charge >= 0.3 is 6.18 Å². The van der Waals surface area contributed by atoms with Crippen molar-refractivity contribution in [3.05, 3.63) is 63.9 Å². The van der Waals surface area contributed by atoms with Crippen molar-refractivity contribution in [1.29, 1.82) is 5.26 Å². The summed E-state index contributed by atoms with van der Waals surface area (Å²) in [6.07, 6.45) is -3.02. The maximum absolute atomic E-state index is 13.0. The lowest BCUT2D eigenvalue weighted by atomic mass is 10.2. The van der Waals surface area contributed by atoms with Gasteiger partial charge in [0, 0.05) is 19.3 Å². The molecule has 1 aromatic carbocycles. The summed E-state index contributed by atoms with van der Waals surface area (Å²) in [6.45, 7) is 0. The molecule has 5 nitrogen and oxygen atoms in total. The van der Waals surface area contributed by atoms with E-state index in [2.05, 4.69) is 10.1 Å². The second-order valence-electron chi connectivity index (χ2n) is 5.44. The van der Waals surface area contributed by atoms with Crippen molar-refractivity contribution in [3.8, 4) is 11.8 Å². The molecule has 2 heterocycles. The first-order chi connectivity index (χ1) is 12.7. The second kappa shape index (κ2) is 7.10. The number of halogens is 5. The van der Waals surface area contributed by atoms with Crippen LogP contribution in [-0.2, 0) is 6.18 Å². The fourth-order valence-electron chi connectivity index (χ4n) is 2.43. The molecule has 0 amide bonds. The molecule has 0 saturated heterocycles. The van der Waals surface area contributed by atoms with E-state index >= 15 is 0 Å². The van der Waals surface area contributed by atoms with Crippen molar-refractivity contribution in [1.82, 2.24) is 14.8 Å². The van der Waals surface area contributed by atoms with Gasteiger partial charge in [-0.15, -0.1) is 0 Å². The number of alkyl halides is 3. The maximum atomic E-state index is 13.0. The molecule has 0 aliphatic heterocycles. The first-order valence-corrected chi connectivity index (χ1v) is 8.19. The standard InChI is InChI=1S/C17H10Cl2F3N5/c1-26(14-4-2-3-5-24-14)15-8-11(9-23)25-27(15)16-12(18)6-10(7-13(16)19)17(20,21)22/h2-8H,1H3. The Balaban J connectivity index is 2.19. The van der Waals surface area contributed by atoms with Gasteiger partial charge in [0.05, 0.1) is 15.6 Å². The van der Waals surface area contributed by atoms with E-state index in [9.17, 15) is 18.4 Å². The fourth-order valence-corrected chi connectivity index (χ4v) is 3.08. The highest BCUT2D eigenvalue weighted by Crippen LogP contribution is 2.39. The topological polar surface area (TPSA) is 57.7 Å². The van der Waals surface area contributed by atoms with Crippen molar-refractivity contribution < 1.29 is 13.2 Å². The molecule has 0 unspecified atom stereocenters. The minimum atomic E-state index is -4.60. The lowest BCUT2D eigenvalue weighted by molar-refractivity contribution is -0.137. The number of rotatable bonds is 3. The number of hydrogen-bond acceptors (Lipinski definition) is 4. The van der Waals surface area contributed by atoms with Crippen LogP contribution >= 0.6 is 23.2 Å². The summed E-state index contributed by atoms with van der Waals surface area (Å²) in [5, 5.41) is 12.8. The first-order valence-electron chi connectivity index (χ1n) is 7.44. The Morgan fingerprint density at radius 2 is 1.81 bits per heavy atom. The molecule has 0 aliphatic rings. The minimum Gasteiger partial charge on any atom is -0.314 e. The van der Waals surface area contributed by atoms with Crippen LogP contribution < -0.4 is 4.90 Å². The van der Waals surface area contributed by atoms with Crippen LogP contribution in [0.25, 0.3) is 5.69 Å². The molecular formula is C17H10Cl2F3N5. The monoisotopic (exact) mass is 411 g/mol. The Labute approximate surface area is 162 Å². The number of hydrogen-bond donors (Lipinski definition) is 0. The van der Waals surface area contributed by atoms with Crippen molar-refractivity contribution in [2.45, 2.75) is 6.18 Å². The molecule has 0 spiro atoms. The van der Waals surface area contributed by atoms with Crippen LogP contribution in [0.2, 0.25) is 10.0 Å². The number of pyridine rings is 1. The summed E-state index contributed by atoms with van der Waals surface area (Å²) in [5.74, 6) is 0.885. The second-order valence-corrected chi connectivity index (χ2v) is 6.26. The zero-order chi connectivity index (χ0) is 19.8. The van der Waals surface area contributed by atoms with Crippen LogP contribution in [0.1, 0.15) is 11.3 Å².